The Labute approximate surface area is 49.6 Å². The number of rotatable bonds is 3. The lowest BCUT2D eigenvalue weighted by Gasteiger charge is -2.17. The molecule has 4 heteroatoms. The molecule has 6 N–H and O–H groups in total. The van der Waals surface area contributed by atoms with Crippen molar-refractivity contribution in [2.45, 2.75) is 20.0 Å². The minimum absolute atomic E-state index is 0.00926. The van der Waals surface area contributed by atoms with Crippen molar-refractivity contribution in [3.05, 3.63) is 0 Å². The van der Waals surface area contributed by atoms with Crippen molar-refractivity contribution in [3.8, 4) is 0 Å². The van der Waals surface area contributed by atoms with Gasteiger partial charge >= 0.3 is 0 Å². The fourth-order valence-corrected chi connectivity index (χ4v) is 0.433. The molecular weight excluding hydrogens is 104 g/mol. The van der Waals surface area contributed by atoms with E-state index in [1.807, 2.05) is 13.8 Å². The summed E-state index contributed by atoms with van der Waals surface area (Å²) in [5.74, 6) is 10.6. The van der Waals surface area contributed by atoms with Crippen molar-refractivity contribution in [3.63, 3.8) is 0 Å². The molecule has 0 aliphatic carbocycles. The highest BCUT2D eigenvalue weighted by Gasteiger charge is 2.05. The number of hydrazine groups is 2. The Kier molecular flexibility index (Phi) is 3.72. The van der Waals surface area contributed by atoms with Crippen LogP contribution in [0.4, 0.5) is 0 Å². The van der Waals surface area contributed by atoms with Gasteiger partial charge in [0.2, 0.25) is 0 Å². The van der Waals surface area contributed by atoms with Gasteiger partial charge in [0.15, 0.2) is 0 Å². The van der Waals surface area contributed by atoms with Crippen LogP contribution in [-0.4, -0.2) is 6.17 Å². The van der Waals surface area contributed by atoms with Crippen LogP contribution >= 0.6 is 0 Å². The van der Waals surface area contributed by atoms with Crippen LogP contribution in [0.1, 0.15) is 13.8 Å². The molecule has 50 valence electrons. The van der Waals surface area contributed by atoms with Crippen molar-refractivity contribution >= 4 is 0 Å². The van der Waals surface area contributed by atoms with Crippen molar-refractivity contribution in [2.24, 2.45) is 17.6 Å². The summed E-state index contributed by atoms with van der Waals surface area (Å²) < 4.78 is 0. The molecule has 4 nitrogen and oxygen atoms in total. The van der Waals surface area contributed by atoms with E-state index in [1.54, 1.807) is 0 Å². The summed E-state index contributed by atoms with van der Waals surface area (Å²) in [5.41, 5.74) is 5.03. The highest BCUT2D eigenvalue weighted by Crippen LogP contribution is 1.92. The van der Waals surface area contributed by atoms with Crippen molar-refractivity contribution in [1.29, 1.82) is 0 Å². The summed E-state index contributed by atoms with van der Waals surface area (Å²) in [5, 5.41) is 0. The monoisotopic (exact) mass is 118 g/mol. The van der Waals surface area contributed by atoms with Gasteiger partial charge in [0.25, 0.3) is 0 Å². The van der Waals surface area contributed by atoms with Gasteiger partial charge in [-0.1, -0.05) is 13.8 Å². The minimum Gasteiger partial charge on any atom is -0.270 e. The Morgan fingerprint density at radius 1 is 1.12 bits per heavy atom. The standard InChI is InChI=1S/C4H14N4/c1-3(2)4(7-5)8-6/h3-4,7-8H,5-6H2,1-2H3. The number of nitrogens with one attached hydrogen (secondary N) is 2. The molecule has 0 amide bonds. The maximum Gasteiger partial charge on any atom is 0.0849 e. The predicted molar refractivity (Wildman–Crippen MR) is 33.3 cm³/mol. The summed E-state index contributed by atoms with van der Waals surface area (Å²) in [6.07, 6.45) is 0.00926. The largest absolute Gasteiger partial charge is 0.270 e. The molecule has 0 saturated carbocycles. The second-order valence-electron chi connectivity index (χ2n) is 2.06. The Morgan fingerprint density at radius 2 is 1.50 bits per heavy atom. The fourth-order valence-electron chi connectivity index (χ4n) is 0.433. The zero-order chi connectivity index (χ0) is 6.57. The first-order valence-electron chi connectivity index (χ1n) is 2.64. The average Bonchev–Trinajstić information content (AvgIpc) is 1.69. The lowest BCUT2D eigenvalue weighted by Crippen LogP contribution is -2.52. The second-order valence-corrected chi connectivity index (χ2v) is 2.06. The summed E-state index contributed by atoms with van der Waals surface area (Å²) in [6.45, 7) is 4.04. The van der Waals surface area contributed by atoms with Crippen molar-refractivity contribution < 1.29 is 0 Å². The van der Waals surface area contributed by atoms with E-state index in [-0.39, 0.29) is 6.17 Å². The Bertz CT molecular complexity index is 50.0. The second kappa shape index (κ2) is 3.80. The van der Waals surface area contributed by atoms with Crippen LogP contribution in [0.5, 0.6) is 0 Å². The molecule has 0 aliphatic heterocycles. The smallest absolute Gasteiger partial charge is 0.0849 e. The number of nitrogens with two attached hydrogens (primary N) is 2. The van der Waals surface area contributed by atoms with Crippen molar-refractivity contribution in [1.82, 2.24) is 10.9 Å². The van der Waals surface area contributed by atoms with Crippen LogP contribution in [0.25, 0.3) is 0 Å². The molecule has 0 bridgehead atoms. The zero-order valence-electron chi connectivity index (χ0n) is 5.31. The Morgan fingerprint density at radius 3 is 1.50 bits per heavy atom. The Balaban J connectivity index is 3.35. The van der Waals surface area contributed by atoms with E-state index < -0.39 is 0 Å². The highest BCUT2D eigenvalue weighted by molar-refractivity contribution is 4.59. The number of hydrogen-bond acceptors (Lipinski definition) is 4. The molecule has 0 rings (SSSR count). The van der Waals surface area contributed by atoms with E-state index in [9.17, 15) is 0 Å². The van der Waals surface area contributed by atoms with Gasteiger partial charge < -0.3 is 0 Å². The van der Waals surface area contributed by atoms with E-state index in [4.69, 9.17) is 11.7 Å². The molecule has 0 aromatic rings. The fraction of sp³-hybridized carbons (Fsp3) is 1.00. The normalized spacial score (nSPS) is 11.2. The first kappa shape index (κ1) is 7.84. The van der Waals surface area contributed by atoms with Crippen LogP contribution in [0.3, 0.4) is 0 Å². The van der Waals surface area contributed by atoms with E-state index >= 15 is 0 Å². The minimum atomic E-state index is 0.00926. The van der Waals surface area contributed by atoms with Gasteiger partial charge in [0.1, 0.15) is 0 Å². The summed E-state index contributed by atoms with van der Waals surface area (Å²) in [7, 11) is 0. The number of hydrogen-bond donors (Lipinski definition) is 4. The van der Waals surface area contributed by atoms with Crippen LogP contribution in [0.2, 0.25) is 0 Å². The molecular formula is C4H14N4. The molecule has 0 aliphatic rings. The van der Waals surface area contributed by atoms with E-state index in [0.29, 0.717) is 5.92 Å². The van der Waals surface area contributed by atoms with Gasteiger partial charge in [-0.15, -0.1) is 0 Å². The van der Waals surface area contributed by atoms with Gasteiger partial charge in [0.05, 0.1) is 6.17 Å². The highest BCUT2D eigenvalue weighted by atomic mass is 15.4. The summed E-state index contributed by atoms with van der Waals surface area (Å²) in [6, 6.07) is 0. The molecule has 0 saturated heterocycles. The van der Waals surface area contributed by atoms with Gasteiger partial charge in [-0.2, -0.15) is 0 Å². The van der Waals surface area contributed by atoms with Crippen LogP contribution in [0.15, 0.2) is 0 Å². The lowest BCUT2D eigenvalue weighted by atomic mass is 10.2. The molecule has 0 heterocycles. The van der Waals surface area contributed by atoms with E-state index in [1.165, 1.54) is 0 Å². The third-order valence-electron chi connectivity index (χ3n) is 1.03. The Hall–Kier alpha value is -0.160. The topological polar surface area (TPSA) is 76.1 Å². The van der Waals surface area contributed by atoms with E-state index in [2.05, 4.69) is 10.9 Å². The molecule has 8 heavy (non-hydrogen) atoms. The summed E-state index contributed by atoms with van der Waals surface area (Å²) in [4.78, 5) is 0. The maximum atomic E-state index is 5.09. The van der Waals surface area contributed by atoms with Crippen LogP contribution in [-0.2, 0) is 0 Å². The van der Waals surface area contributed by atoms with Crippen molar-refractivity contribution in [2.75, 3.05) is 0 Å². The first-order chi connectivity index (χ1) is 3.72. The van der Waals surface area contributed by atoms with Gasteiger partial charge in [-0.25, -0.2) is 10.9 Å². The molecule has 0 fully saturated rings. The molecule has 0 unspecified atom stereocenters. The van der Waals surface area contributed by atoms with Gasteiger partial charge in [-0.05, 0) is 5.92 Å². The zero-order valence-corrected chi connectivity index (χ0v) is 5.31. The van der Waals surface area contributed by atoms with Gasteiger partial charge in [-0.3, -0.25) is 11.7 Å². The van der Waals surface area contributed by atoms with Crippen LogP contribution in [0, 0.1) is 5.92 Å². The third-order valence-corrected chi connectivity index (χ3v) is 1.03. The molecule has 0 aromatic heterocycles. The SMILES string of the molecule is CC(C)C(NN)NN. The summed E-state index contributed by atoms with van der Waals surface area (Å²) >= 11 is 0. The molecule has 0 spiro atoms. The average molecular weight is 118 g/mol. The first-order valence-corrected chi connectivity index (χ1v) is 2.64. The quantitative estimate of drug-likeness (QED) is 0.215. The van der Waals surface area contributed by atoms with Crippen LogP contribution < -0.4 is 22.5 Å². The van der Waals surface area contributed by atoms with E-state index in [0.717, 1.165) is 0 Å². The lowest BCUT2D eigenvalue weighted by molar-refractivity contribution is 0.344. The van der Waals surface area contributed by atoms with Gasteiger partial charge in [0, 0.05) is 0 Å². The third kappa shape index (κ3) is 2.23. The maximum absolute atomic E-state index is 5.09. The molecule has 0 aromatic carbocycles. The molecule has 0 radical (unpaired) electrons. The predicted octanol–water partition coefficient (Wildman–Crippen LogP) is -1.10. The molecule has 0 atom stereocenters.